The van der Waals surface area contributed by atoms with Crippen LogP contribution in [0.4, 0.5) is 0 Å². The third-order valence-electron chi connectivity index (χ3n) is 1.80. The third-order valence-corrected chi connectivity index (χ3v) is 1.80. The summed E-state index contributed by atoms with van der Waals surface area (Å²) in [6.07, 6.45) is 9.45. The number of allylic oxidation sites excluding steroid dienone is 1. The van der Waals surface area contributed by atoms with Crippen LogP contribution in [-0.4, -0.2) is 11.9 Å². The van der Waals surface area contributed by atoms with Gasteiger partial charge in [-0.1, -0.05) is 13.0 Å². The lowest BCUT2D eigenvalue weighted by Gasteiger charge is -2.09. The second-order valence-corrected chi connectivity index (χ2v) is 2.73. The van der Waals surface area contributed by atoms with Crippen LogP contribution >= 0.6 is 0 Å². The molecule has 0 aromatic heterocycles. The fourth-order valence-electron chi connectivity index (χ4n) is 1.22. The normalized spacial score (nSPS) is 18.7. The Morgan fingerprint density at radius 1 is 1.18 bits per heavy atom. The van der Waals surface area contributed by atoms with E-state index in [-0.39, 0.29) is 0 Å². The molecule has 60 valence electrons. The van der Waals surface area contributed by atoms with Crippen LogP contribution < -0.4 is 0 Å². The number of rotatable bonds is 2. The molecule has 0 saturated heterocycles. The molecule has 0 unspecified atom stereocenters. The second-order valence-electron chi connectivity index (χ2n) is 2.73. The van der Waals surface area contributed by atoms with Crippen molar-refractivity contribution in [3.05, 3.63) is 12.7 Å². The molecule has 0 aliphatic heterocycles. The minimum atomic E-state index is 1.13. The molecule has 11 heavy (non-hydrogen) atoms. The molecule has 2 nitrogen and oxygen atoms in total. The van der Waals surface area contributed by atoms with Crippen molar-refractivity contribution in [2.45, 2.75) is 32.1 Å². The molecule has 0 radical (unpaired) electrons. The molecule has 0 bridgehead atoms. The maximum absolute atomic E-state index is 4.09. The van der Waals surface area contributed by atoms with E-state index >= 15 is 0 Å². The lowest BCUT2D eigenvalue weighted by molar-refractivity contribution is 0.664. The summed E-state index contributed by atoms with van der Waals surface area (Å²) < 4.78 is 0. The zero-order valence-electron chi connectivity index (χ0n) is 6.79. The van der Waals surface area contributed by atoms with Crippen LogP contribution in [0.15, 0.2) is 22.9 Å². The summed E-state index contributed by atoms with van der Waals surface area (Å²) in [4.78, 5) is 0. The van der Waals surface area contributed by atoms with Crippen molar-refractivity contribution in [3.63, 3.8) is 0 Å². The van der Waals surface area contributed by atoms with Crippen molar-refractivity contribution in [3.8, 4) is 0 Å². The van der Waals surface area contributed by atoms with Crippen molar-refractivity contribution in [2.75, 3.05) is 0 Å². The van der Waals surface area contributed by atoms with E-state index in [0.29, 0.717) is 0 Å². The highest BCUT2D eigenvalue weighted by Crippen LogP contribution is 2.14. The summed E-state index contributed by atoms with van der Waals surface area (Å²) in [6, 6.07) is 0. The van der Waals surface area contributed by atoms with Crippen molar-refractivity contribution in [1.82, 2.24) is 0 Å². The highest BCUT2D eigenvalue weighted by atomic mass is 15.2. The highest BCUT2D eigenvalue weighted by molar-refractivity contribution is 5.85. The van der Waals surface area contributed by atoms with Crippen LogP contribution in [0.3, 0.4) is 0 Å². The quantitative estimate of drug-likeness (QED) is 0.427. The summed E-state index contributed by atoms with van der Waals surface area (Å²) in [6.45, 7) is 3.52. The minimum absolute atomic E-state index is 1.13. The molecule has 0 aromatic rings. The summed E-state index contributed by atoms with van der Waals surface area (Å²) in [5.41, 5.74) is 1.24. The SMILES string of the molecule is C=C/C=N/N=C1CCCCC1. The van der Waals surface area contributed by atoms with Gasteiger partial charge in [-0.25, -0.2) is 0 Å². The van der Waals surface area contributed by atoms with Gasteiger partial charge in [0.25, 0.3) is 0 Å². The van der Waals surface area contributed by atoms with Gasteiger partial charge < -0.3 is 0 Å². The van der Waals surface area contributed by atoms with Gasteiger partial charge in [-0.2, -0.15) is 10.2 Å². The van der Waals surface area contributed by atoms with Crippen LogP contribution in [0, 0.1) is 0 Å². The average molecular weight is 150 g/mol. The fourth-order valence-corrected chi connectivity index (χ4v) is 1.22. The molecule has 0 N–H and O–H groups in total. The van der Waals surface area contributed by atoms with E-state index in [0.717, 1.165) is 12.8 Å². The first-order chi connectivity index (χ1) is 5.43. The summed E-state index contributed by atoms with van der Waals surface area (Å²) in [7, 11) is 0. The average Bonchev–Trinajstić information content (AvgIpc) is 2.07. The van der Waals surface area contributed by atoms with Gasteiger partial charge in [-0.3, -0.25) is 0 Å². The van der Waals surface area contributed by atoms with Gasteiger partial charge in [0.1, 0.15) is 0 Å². The Morgan fingerprint density at radius 3 is 2.55 bits per heavy atom. The van der Waals surface area contributed by atoms with Gasteiger partial charge in [-0.05, 0) is 31.8 Å². The summed E-state index contributed by atoms with van der Waals surface area (Å²) in [5.74, 6) is 0. The van der Waals surface area contributed by atoms with Crippen molar-refractivity contribution < 1.29 is 0 Å². The molecule has 1 aliphatic rings. The van der Waals surface area contributed by atoms with Crippen LogP contribution in [0.25, 0.3) is 0 Å². The number of hydrogen-bond donors (Lipinski definition) is 0. The first kappa shape index (κ1) is 8.18. The van der Waals surface area contributed by atoms with Gasteiger partial charge in [0.2, 0.25) is 0 Å². The Morgan fingerprint density at radius 2 is 1.91 bits per heavy atom. The molecular weight excluding hydrogens is 136 g/mol. The molecular formula is C9H14N2. The Hall–Kier alpha value is -0.920. The topological polar surface area (TPSA) is 24.7 Å². The van der Waals surface area contributed by atoms with Gasteiger partial charge in [-0.15, -0.1) is 0 Å². The van der Waals surface area contributed by atoms with Crippen LogP contribution in [0.5, 0.6) is 0 Å². The zero-order valence-corrected chi connectivity index (χ0v) is 6.79. The monoisotopic (exact) mass is 150 g/mol. The standard InChI is InChI=1S/C9H14N2/c1-2-8-10-11-9-6-4-3-5-7-9/h2,8H,1,3-7H2/b10-8+. The first-order valence-corrected chi connectivity index (χ1v) is 4.13. The Kier molecular flexibility index (Phi) is 3.59. The van der Waals surface area contributed by atoms with Gasteiger partial charge in [0.15, 0.2) is 0 Å². The molecule has 0 spiro atoms. The van der Waals surface area contributed by atoms with Crippen molar-refractivity contribution >= 4 is 11.9 Å². The maximum atomic E-state index is 4.09. The Labute approximate surface area is 67.7 Å². The van der Waals surface area contributed by atoms with E-state index in [1.165, 1.54) is 25.0 Å². The highest BCUT2D eigenvalue weighted by Gasteiger charge is 2.05. The molecule has 1 aliphatic carbocycles. The minimum Gasteiger partial charge on any atom is -0.160 e. The first-order valence-electron chi connectivity index (χ1n) is 4.13. The molecule has 1 rings (SSSR count). The van der Waals surface area contributed by atoms with E-state index in [1.807, 2.05) is 0 Å². The van der Waals surface area contributed by atoms with Gasteiger partial charge >= 0.3 is 0 Å². The maximum Gasteiger partial charge on any atom is 0.0489 e. The van der Waals surface area contributed by atoms with Crippen LogP contribution in [0.2, 0.25) is 0 Å². The zero-order chi connectivity index (χ0) is 7.94. The van der Waals surface area contributed by atoms with E-state index in [4.69, 9.17) is 0 Å². The van der Waals surface area contributed by atoms with E-state index in [9.17, 15) is 0 Å². The van der Waals surface area contributed by atoms with Gasteiger partial charge in [0, 0.05) is 11.9 Å². The molecule has 0 heterocycles. The van der Waals surface area contributed by atoms with Crippen molar-refractivity contribution in [1.29, 1.82) is 0 Å². The van der Waals surface area contributed by atoms with Crippen LogP contribution in [0.1, 0.15) is 32.1 Å². The largest absolute Gasteiger partial charge is 0.160 e. The second kappa shape index (κ2) is 4.83. The predicted molar refractivity (Wildman–Crippen MR) is 49.2 cm³/mol. The lowest BCUT2D eigenvalue weighted by Crippen LogP contribution is -2.03. The number of hydrogen-bond acceptors (Lipinski definition) is 2. The Balaban J connectivity index is 2.37. The van der Waals surface area contributed by atoms with E-state index < -0.39 is 0 Å². The number of nitrogens with zero attached hydrogens (tertiary/aromatic N) is 2. The fraction of sp³-hybridized carbons (Fsp3) is 0.556. The van der Waals surface area contributed by atoms with Crippen LogP contribution in [-0.2, 0) is 0 Å². The molecule has 2 heteroatoms. The molecule has 0 aromatic carbocycles. The smallest absolute Gasteiger partial charge is 0.0489 e. The lowest BCUT2D eigenvalue weighted by atomic mass is 9.99. The third kappa shape index (κ3) is 3.12. The molecule has 0 amide bonds. The Bertz CT molecular complexity index is 172. The van der Waals surface area contributed by atoms with Crippen molar-refractivity contribution in [2.24, 2.45) is 10.2 Å². The summed E-state index contributed by atoms with van der Waals surface area (Å²) in [5, 5.41) is 7.95. The molecule has 1 saturated carbocycles. The van der Waals surface area contributed by atoms with Gasteiger partial charge in [0.05, 0.1) is 0 Å². The van der Waals surface area contributed by atoms with E-state index in [1.54, 1.807) is 12.3 Å². The predicted octanol–water partition coefficient (Wildman–Crippen LogP) is 2.56. The summed E-state index contributed by atoms with van der Waals surface area (Å²) >= 11 is 0. The molecule has 1 fully saturated rings. The molecule has 0 atom stereocenters. The van der Waals surface area contributed by atoms with E-state index in [2.05, 4.69) is 16.8 Å².